The van der Waals surface area contributed by atoms with Crippen LogP contribution in [0.3, 0.4) is 0 Å². The van der Waals surface area contributed by atoms with E-state index in [-0.39, 0.29) is 18.1 Å². The molecule has 23 heavy (non-hydrogen) atoms. The van der Waals surface area contributed by atoms with Crippen LogP contribution in [0.15, 0.2) is 0 Å². The van der Waals surface area contributed by atoms with E-state index >= 15 is 0 Å². The summed E-state index contributed by atoms with van der Waals surface area (Å²) in [5, 5.41) is 0. The van der Waals surface area contributed by atoms with Gasteiger partial charge in [0.1, 0.15) is 6.10 Å². The third kappa shape index (κ3) is 6.05. The molecule has 3 atom stereocenters. The van der Waals surface area contributed by atoms with Gasteiger partial charge in [-0.2, -0.15) is 0 Å². The molecule has 134 valence electrons. The lowest BCUT2D eigenvalue weighted by molar-refractivity contribution is -0.147. The molecule has 0 radical (unpaired) electrons. The molecule has 0 spiro atoms. The van der Waals surface area contributed by atoms with Crippen LogP contribution in [0.25, 0.3) is 0 Å². The minimum Gasteiger partial charge on any atom is -0.383 e. The normalized spacial score (nSPS) is 28.4. The van der Waals surface area contributed by atoms with E-state index in [1.54, 1.807) is 7.11 Å². The maximum absolute atomic E-state index is 12.7. The number of carbonyl (C=O) groups excluding carboxylic acids is 1. The smallest absolute Gasteiger partial charge is 0.251 e. The fourth-order valence-electron chi connectivity index (χ4n) is 3.74. The van der Waals surface area contributed by atoms with E-state index in [0.29, 0.717) is 0 Å². The van der Waals surface area contributed by atoms with Crippen LogP contribution < -0.4 is 0 Å². The Morgan fingerprint density at radius 2 is 2.00 bits per heavy atom. The summed E-state index contributed by atoms with van der Waals surface area (Å²) < 4.78 is 11.2. The molecule has 0 bridgehead atoms. The van der Waals surface area contributed by atoms with Crippen LogP contribution in [-0.4, -0.2) is 74.4 Å². The number of methoxy groups -OCH3 is 1. The Morgan fingerprint density at radius 1 is 1.17 bits per heavy atom. The number of hydrogen-bond donors (Lipinski definition) is 0. The van der Waals surface area contributed by atoms with Crippen molar-refractivity contribution >= 4 is 5.91 Å². The van der Waals surface area contributed by atoms with Gasteiger partial charge in [0.05, 0.1) is 12.7 Å². The van der Waals surface area contributed by atoms with E-state index in [4.69, 9.17) is 9.47 Å². The van der Waals surface area contributed by atoms with Crippen LogP contribution in [0.2, 0.25) is 0 Å². The van der Waals surface area contributed by atoms with Crippen molar-refractivity contribution < 1.29 is 14.3 Å². The summed E-state index contributed by atoms with van der Waals surface area (Å²) in [5.74, 6) is 0.889. The van der Waals surface area contributed by atoms with Crippen molar-refractivity contribution in [1.29, 1.82) is 0 Å². The molecular weight excluding hydrogens is 292 g/mol. The predicted octanol–water partition coefficient (Wildman–Crippen LogP) is 2.15. The van der Waals surface area contributed by atoms with Gasteiger partial charge in [0.2, 0.25) is 0 Å². The molecule has 1 heterocycles. The molecule has 1 aliphatic carbocycles. The lowest BCUT2D eigenvalue weighted by atomic mass is 9.88. The Balaban J connectivity index is 1.77. The van der Waals surface area contributed by atoms with Gasteiger partial charge in [-0.3, -0.25) is 9.69 Å². The van der Waals surface area contributed by atoms with Gasteiger partial charge in [-0.05, 0) is 38.6 Å². The Kier molecular flexibility index (Phi) is 7.80. The van der Waals surface area contributed by atoms with Gasteiger partial charge in [-0.15, -0.1) is 0 Å². The van der Waals surface area contributed by atoms with Crippen LogP contribution in [0.5, 0.6) is 0 Å². The molecule has 2 rings (SSSR count). The van der Waals surface area contributed by atoms with Crippen LogP contribution in [-0.2, 0) is 14.3 Å². The fraction of sp³-hybridized carbons (Fsp3) is 0.944. The van der Waals surface area contributed by atoms with E-state index in [1.807, 2.05) is 11.8 Å². The summed E-state index contributed by atoms with van der Waals surface area (Å²) in [6.07, 6.45) is 5.72. The number of hydrogen-bond acceptors (Lipinski definition) is 4. The summed E-state index contributed by atoms with van der Waals surface area (Å²) in [4.78, 5) is 17.1. The number of carbonyl (C=O) groups is 1. The monoisotopic (exact) mass is 326 g/mol. The first-order chi connectivity index (χ1) is 11.1. The quantitative estimate of drug-likeness (QED) is 0.750. The SMILES string of the molecule is COCCN1CCCN(C(=O)[C@H](C)O[C@@H]2CCC[C@H](C)C2)CC1. The molecular formula is C18H34N2O3. The van der Waals surface area contributed by atoms with Crippen molar-refractivity contribution in [2.75, 3.05) is 46.4 Å². The molecule has 1 aliphatic heterocycles. The van der Waals surface area contributed by atoms with Crippen molar-refractivity contribution in [3.63, 3.8) is 0 Å². The Labute approximate surface area is 141 Å². The number of amides is 1. The number of ether oxygens (including phenoxy) is 2. The summed E-state index contributed by atoms with van der Waals surface area (Å²) in [7, 11) is 1.73. The van der Waals surface area contributed by atoms with E-state index < -0.39 is 0 Å². The van der Waals surface area contributed by atoms with Crippen LogP contribution in [0.4, 0.5) is 0 Å². The molecule has 2 fully saturated rings. The maximum atomic E-state index is 12.7. The number of rotatable bonds is 6. The van der Waals surface area contributed by atoms with Crippen LogP contribution in [0, 0.1) is 5.92 Å². The third-order valence-electron chi connectivity index (χ3n) is 5.14. The summed E-state index contributed by atoms with van der Waals surface area (Å²) in [6.45, 7) is 9.54. The molecule has 2 aliphatic rings. The Hall–Kier alpha value is -0.650. The molecule has 0 N–H and O–H groups in total. The van der Waals surface area contributed by atoms with Crippen molar-refractivity contribution in [3.8, 4) is 0 Å². The van der Waals surface area contributed by atoms with Crippen molar-refractivity contribution in [1.82, 2.24) is 9.80 Å². The van der Waals surface area contributed by atoms with Gasteiger partial charge in [0, 0.05) is 33.3 Å². The van der Waals surface area contributed by atoms with Gasteiger partial charge in [0.15, 0.2) is 0 Å². The zero-order valence-electron chi connectivity index (χ0n) is 15.1. The van der Waals surface area contributed by atoms with Gasteiger partial charge in [0.25, 0.3) is 5.91 Å². The average molecular weight is 326 g/mol. The van der Waals surface area contributed by atoms with Gasteiger partial charge in [-0.1, -0.05) is 19.8 Å². The zero-order chi connectivity index (χ0) is 16.7. The van der Waals surface area contributed by atoms with Gasteiger partial charge < -0.3 is 14.4 Å². The van der Waals surface area contributed by atoms with Crippen molar-refractivity contribution in [2.45, 2.75) is 58.2 Å². The minimum atomic E-state index is -0.309. The lowest BCUT2D eigenvalue weighted by Crippen LogP contribution is -2.43. The summed E-state index contributed by atoms with van der Waals surface area (Å²) in [6, 6.07) is 0. The van der Waals surface area contributed by atoms with E-state index in [2.05, 4.69) is 11.8 Å². The number of nitrogens with zero attached hydrogens (tertiary/aromatic N) is 2. The highest BCUT2D eigenvalue weighted by atomic mass is 16.5. The van der Waals surface area contributed by atoms with Gasteiger partial charge >= 0.3 is 0 Å². The second-order valence-corrected chi connectivity index (χ2v) is 7.19. The molecule has 5 heteroatoms. The third-order valence-corrected chi connectivity index (χ3v) is 5.14. The average Bonchev–Trinajstić information content (AvgIpc) is 2.77. The maximum Gasteiger partial charge on any atom is 0.251 e. The standard InChI is InChI=1S/C18H34N2O3/c1-15-6-4-7-17(14-15)23-16(2)18(21)20-9-5-8-19(10-11-20)12-13-22-3/h15-17H,4-14H2,1-3H3/t15-,16-,17+/m0/s1. The Bertz CT molecular complexity index is 364. The van der Waals surface area contributed by atoms with Gasteiger partial charge in [-0.25, -0.2) is 0 Å². The summed E-state index contributed by atoms with van der Waals surface area (Å²) in [5.41, 5.74) is 0. The first-order valence-electron chi connectivity index (χ1n) is 9.25. The highest BCUT2D eigenvalue weighted by molar-refractivity contribution is 5.80. The molecule has 0 unspecified atom stereocenters. The lowest BCUT2D eigenvalue weighted by Gasteiger charge is -2.31. The predicted molar refractivity (Wildman–Crippen MR) is 91.5 cm³/mol. The molecule has 0 aromatic carbocycles. The van der Waals surface area contributed by atoms with E-state index in [1.165, 1.54) is 12.8 Å². The minimum absolute atomic E-state index is 0.164. The highest BCUT2D eigenvalue weighted by Gasteiger charge is 2.27. The molecule has 0 aromatic heterocycles. The Morgan fingerprint density at radius 3 is 2.74 bits per heavy atom. The molecule has 0 aromatic rings. The van der Waals surface area contributed by atoms with E-state index in [0.717, 1.165) is 64.5 Å². The molecule has 1 saturated carbocycles. The van der Waals surface area contributed by atoms with Crippen LogP contribution in [0.1, 0.15) is 46.0 Å². The fourth-order valence-corrected chi connectivity index (χ4v) is 3.74. The van der Waals surface area contributed by atoms with Crippen LogP contribution >= 0.6 is 0 Å². The zero-order valence-corrected chi connectivity index (χ0v) is 15.1. The molecule has 5 nitrogen and oxygen atoms in total. The summed E-state index contributed by atoms with van der Waals surface area (Å²) >= 11 is 0. The first-order valence-corrected chi connectivity index (χ1v) is 9.25. The first kappa shape index (κ1) is 18.7. The second-order valence-electron chi connectivity index (χ2n) is 7.19. The van der Waals surface area contributed by atoms with Crippen molar-refractivity contribution in [3.05, 3.63) is 0 Å². The van der Waals surface area contributed by atoms with Crippen molar-refractivity contribution in [2.24, 2.45) is 5.92 Å². The molecule has 1 amide bonds. The largest absolute Gasteiger partial charge is 0.383 e. The second kappa shape index (κ2) is 9.60. The highest BCUT2D eigenvalue weighted by Crippen LogP contribution is 2.26. The topological polar surface area (TPSA) is 42.0 Å². The van der Waals surface area contributed by atoms with E-state index in [9.17, 15) is 4.79 Å². The molecule has 1 saturated heterocycles.